The zero-order valence-corrected chi connectivity index (χ0v) is 9.40. The van der Waals surface area contributed by atoms with Gasteiger partial charge in [0, 0.05) is 24.5 Å². The second-order valence-electron chi connectivity index (χ2n) is 3.67. The minimum atomic E-state index is -0.133. The van der Waals surface area contributed by atoms with Crippen molar-refractivity contribution in [3.8, 4) is 11.5 Å². The molecule has 1 N–H and O–H groups in total. The smallest absolute Gasteiger partial charge is 0.251 e. The van der Waals surface area contributed by atoms with E-state index < -0.39 is 0 Å². The van der Waals surface area contributed by atoms with Crippen LogP contribution in [0, 0.1) is 6.92 Å². The number of rotatable bonds is 3. The Bertz CT molecular complexity index is 541. The second-order valence-corrected chi connectivity index (χ2v) is 3.67. The predicted molar refractivity (Wildman–Crippen MR) is 61.1 cm³/mol. The Morgan fingerprint density at radius 3 is 3.00 bits per heavy atom. The molecule has 0 saturated heterocycles. The first kappa shape index (κ1) is 10.6. The average molecular weight is 218 g/mol. The van der Waals surface area contributed by atoms with Gasteiger partial charge in [0.2, 0.25) is 0 Å². The number of hydrogen-bond donors (Lipinski definition) is 1. The molecule has 0 fully saturated rings. The first-order valence-corrected chi connectivity index (χ1v) is 5.31. The standard InChI is InChI=1S/C11H14N4O/c1-3-6-15-9(4-5-12-15)11-13-8(2)7-10(16)14-11/h4-5,7H,3,6H2,1-2H3,(H,13,14,16). The molecule has 16 heavy (non-hydrogen) atoms. The van der Waals surface area contributed by atoms with Crippen molar-refractivity contribution in [2.45, 2.75) is 26.8 Å². The van der Waals surface area contributed by atoms with Crippen LogP contribution in [0.5, 0.6) is 0 Å². The lowest BCUT2D eigenvalue weighted by Crippen LogP contribution is -2.11. The Kier molecular flexibility index (Phi) is 2.85. The van der Waals surface area contributed by atoms with E-state index in [1.165, 1.54) is 6.07 Å². The van der Waals surface area contributed by atoms with E-state index in [0.717, 1.165) is 18.7 Å². The van der Waals surface area contributed by atoms with Crippen LogP contribution in [0.1, 0.15) is 19.0 Å². The lowest BCUT2D eigenvalue weighted by atomic mass is 10.3. The third-order valence-electron chi connectivity index (χ3n) is 2.26. The van der Waals surface area contributed by atoms with Crippen molar-refractivity contribution < 1.29 is 0 Å². The molecule has 84 valence electrons. The summed E-state index contributed by atoms with van der Waals surface area (Å²) in [6.45, 7) is 4.71. The fourth-order valence-corrected chi connectivity index (χ4v) is 1.62. The normalized spacial score (nSPS) is 10.6. The number of hydrogen-bond acceptors (Lipinski definition) is 3. The summed E-state index contributed by atoms with van der Waals surface area (Å²) in [6.07, 6.45) is 2.71. The molecular formula is C11H14N4O. The Balaban J connectivity index is 2.49. The van der Waals surface area contributed by atoms with Gasteiger partial charge in [-0.1, -0.05) is 6.92 Å². The summed E-state index contributed by atoms with van der Waals surface area (Å²) in [5, 5.41) is 4.20. The van der Waals surface area contributed by atoms with Crippen molar-refractivity contribution >= 4 is 0 Å². The summed E-state index contributed by atoms with van der Waals surface area (Å²) in [7, 11) is 0. The summed E-state index contributed by atoms with van der Waals surface area (Å²) in [6, 6.07) is 3.33. The predicted octanol–water partition coefficient (Wildman–Crippen LogP) is 1.35. The van der Waals surface area contributed by atoms with Crippen LogP contribution >= 0.6 is 0 Å². The molecule has 5 nitrogen and oxygen atoms in total. The highest BCUT2D eigenvalue weighted by molar-refractivity contribution is 5.48. The van der Waals surface area contributed by atoms with Gasteiger partial charge >= 0.3 is 0 Å². The van der Waals surface area contributed by atoms with Gasteiger partial charge in [0.15, 0.2) is 5.82 Å². The van der Waals surface area contributed by atoms with Gasteiger partial charge in [0.1, 0.15) is 5.69 Å². The fourth-order valence-electron chi connectivity index (χ4n) is 1.62. The lowest BCUT2D eigenvalue weighted by Gasteiger charge is -2.05. The van der Waals surface area contributed by atoms with Crippen molar-refractivity contribution in [3.63, 3.8) is 0 Å². The highest BCUT2D eigenvalue weighted by Gasteiger charge is 2.07. The maximum absolute atomic E-state index is 11.4. The molecule has 0 unspecified atom stereocenters. The van der Waals surface area contributed by atoms with Crippen molar-refractivity contribution in [1.29, 1.82) is 0 Å². The molecular weight excluding hydrogens is 204 g/mol. The second kappa shape index (κ2) is 4.30. The lowest BCUT2D eigenvalue weighted by molar-refractivity contribution is 0.606. The molecule has 0 spiro atoms. The van der Waals surface area contributed by atoms with Crippen LogP contribution in [0.4, 0.5) is 0 Å². The third kappa shape index (κ3) is 2.03. The third-order valence-corrected chi connectivity index (χ3v) is 2.26. The van der Waals surface area contributed by atoms with Crippen molar-refractivity contribution in [3.05, 3.63) is 34.4 Å². The molecule has 5 heteroatoms. The van der Waals surface area contributed by atoms with Crippen molar-refractivity contribution in [2.24, 2.45) is 0 Å². The van der Waals surface area contributed by atoms with E-state index in [0.29, 0.717) is 11.5 Å². The zero-order chi connectivity index (χ0) is 11.5. The van der Waals surface area contributed by atoms with Gasteiger partial charge in [-0.3, -0.25) is 9.48 Å². The summed E-state index contributed by atoms with van der Waals surface area (Å²) in [5.74, 6) is 0.580. The maximum atomic E-state index is 11.4. The molecule has 0 radical (unpaired) electrons. The van der Waals surface area contributed by atoms with E-state index in [-0.39, 0.29) is 5.56 Å². The van der Waals surface area contributed by atoms with Gasteiger partial charge in [-0.05, 0) is 19.4 Å². The van der Waals surface area contributed by atoms with Gasteiger partial charge in [0.05, 0.1) is 0 Å². The quantitative estimate of drug-likeness (QED) is 0.845. The summed E-state index contributed by atoms with van der Waals surface area (Å²) in [4.78, 5) is 18.4. The van der Waals surface area contributed by atoms with Crippen LogP contribution < -0.4 is 5.56 Å². The van der Waals surface area contributed by atoms with Crippen LogP contribution in [0.25, 0.3) is 11.5 Å². The SMILES string of the molecule is CCCn1nccc1-c1nc(C)cc(=O)[nH]1. The highest BCUT2D eigenvalue weighted by Crippen LogP contribution is 2.13. The van der Waals surface area contributed by atoms with E-state index in [1.807, 2.05) is 10.7 Å². The van der Waals surface area contributed by atoms with Crippen molar-refractivity contribution in [1.82, 2.24) is 19.7 Å². The molecule has 0 aliphatic heterocycles. The van der Waals surface area contributed by atoms with Gasteiger partial charge in [-0.2, -0.15) is 5.10 Å². The number of aryl methyl sites for hydroxylation is 2. The van der Waals surface area contributed by atoms with Gasteiger partial charge < -0.3 is 4.98 Å². The number of aromatic amines is 1. The van der Waals surface area contributed by atoms with E-state index in [2.05, 4.69) is 22.0 Å². The molecule has 2 aromatic heterocycles. The molecule has 0 aromatic carbocycles. The molecule has 0 saturated carbocycles. The summed E-state index contributed by atoms with van der Waals surface area (Å²) >= 11 is 0. The van der Waals surface area contributed by atoms with Crippen LogP contribution in [0.2, 0.25) is 0 Å². The van der Waals surface area contributed by atoms with E-state index in [9.17, 15) is 4.79 Å². The molecule has 2 heterocycles. The topological polar surface area (TPSA) is 63.6 Å². The highest BCUT2D eigenvalue weighted by atomic mass is 16.1. The molecule has 0 atom stereocenters. The molecule has 0 bridgehead atoms. The zero-order valence-electron chi connectivity index (χ0n) is 9.40. The summed E-state index contributed by atoms with van der Waals surface area (Å²) in [5.41, 5.74) is 1.43. The number of aromatic nitrogens is 4. The van der Waals surface area contributed by atoms with E-state index in [4.69, 9.17) is 0 Å². The van der Waals surface area contributed by atoms with Crippen LogP contribution in [0.3, 0.4) is 0 Å². The van der Waals surface area contributed by atoms with Gasteiger partial charge in [-0.15, -0.1) is 0 Å². The Morgan fingerprint density at radius 2 is 2.31 bits per heavy atom. The average Bonchev–Trinajstić information content (AvgIpc) is 2.65. The molecule has 2 aromatic rings. The van der Waals surface area contributed by atoms with E-state index in [1.54, 1.807) is 13.1 Å². The Morgan fingerprint density at radius 1 is 1.50 bits per heavy atom. The minimum Gasteiger partial charge on any atom is -0.305 e. The maximum Gasteiger partial charge on any atom is 0.251 e. The molecule has 0 amide bonds. The van der Waals surface area contributed by atoms with Crippen LogP contribution in [-0.4, -0.2) is 19.7 Å². The van der Waals surface area contributed by atoms with Crippen molar-refractivity contribution in [2.75, 3.05) is 0 Å². The summed E-state index contributed by atoms with van der Waals surface area (Å²) < 4.78 is 1.84. The number of nitrogens with zero attached hydrogens (tertiary/aromatic N) is 3. The number of nitrogens with one attached hydrogen (secondary N) is 1. The Hall–Kier alpha value is -1.91. The monoisotopic (exact) mass is 218 g/mol. The molecule has 0 aliphatic carbocycles. The Labute approximate surface area is 93.2 Å². The first-order chi connectivity index (χ1) is 7.70. The van der Waals surface area contributed by atoms with Gasteiger partial charge in [0.25, 0.3) is 5.56 Å². The van der Waals surface area contributed by atoms with Gasteiger partial charge in [-0.25, -0.2) is 4.98 Å². The number of H-pyrrole nitrogens is 1. The largest absolute Gasteiger partial charge is 0.305 e. The van der Waals surface area contributed by atoms with E-state index >= 15 is 0 Å². The molecule has 0 aliphatic rings. The van der Waals surface area contributed by atoms with Crippen LogP contribution in [-0.2, 0) is 6.54 Å². The van der Waals surface area contributed by atoms with Crippen LogP contribution in [0.15, 0.2) is 23.1 Å². The molecule has 2 rings (SSSR count). The first-order valence-electron chi connectivity index (χ1n) is 5.31. The minimum absolute atomic E-state index is 0.133. The fraction of sp³-hybridized carbons (Fsp3) is 0.364.